The van der Waals surface area contributed by atoms with E-state index in [1.807, 2.05) is 0 Å². The van der Waals surface area contributed by atoms with E-state index in [4.69, 9.17) is 9.15 Å². The highest BCUT2D eigenvalue weighted by atomic mass is 16.5. The van der Waals surface area contributed by atoms with Gasteiger partial charge in [-0.05, 0) is 26.0 Å². The molecule has 6 nitrogen and oxygen atoms in total. The summed E-state index contributed by atoms with van der Waals surface area (Å²) in [5, 5.41) is 3.12. The molecule has 1 aromatic heterocycles. The fraction of sp³-hybridized carbons (Fsp3) is 0.385. The largest absolute Gasteiger partial charge is 0.469 e. The van der Waals surface area contributed by atoms with E-state index in [-0.39, 0.29) is 5.97 Å². The zero-order valence-electron chi connectivity index (χ0n) is 11.1. The molecule has 6 heteroatoms. The predicted octanol–water partition coefficient (Wildman–Crippen LogP) is 1.73. The molecule has 0 aliphatic carbocycles. The summed E-state index contributed by atoms with van der Waals surface area (Å²) in [6.45, 7) is 4.00. The molecule has 1 aromatic carbocycles. The Labute approximate surface area is 109 Å². The third-order valence-corrected chi connectivity index (χ3v) is 2.89. The van der Waals surface area contributed by atoms with Crippen molar-refractivity contribution in [2.45, 2.75) is 13.8 Å². The number of esters is 1. The van der Waals surface area contributed by atoms with E-state index in [2.05, 4.69) is 10.3 Å². The maximum absolute atomic E-state index is 11.5. The average Bonchev–Trinajstić information content (AvgIpc) is 2.74. The zero-order chi connectivity index (χ0) is 14.0. The summed E-state index contributed by atoms with van der Waals surface area (Å²) in [4.78, 5) is 25.1. The number of oxazole rings is 1. The van der Waals surface area contributed by atoms with Gasteiger partial charge in [0.15, 0.2) is 5.58 Å². The molecule has 0 fully saturated rings. The Morgan fingerprint density at radius 2 is 2.21 bits per heavy atom. The Balaban J connectivity index is 2.13. The highest BCUT2D eigenvalue weighted by Gasteiger charge is 2.28. The molecule has 0 amide bonds. The number of anilines is 1. The van der Waals surface area contributed by atoms with E-state index in [0.717, 1.165) is 5.69 Å². The lowest BCUT2D eigenvalue weighted by Gasteiger charge is -2.22. The maximum Gasteiger partial charge on any atom is 0.417 e. The number of H-pyrrole nitrogens is 1. The zero-order valence-corrected chi connectivity index (χ0v) is 11.1. The van der Waals surface area contributed by atoms with E-state index in [9.17, 15) is 9.59 Å². The Morgan fingerprint density at radius 1 is 1.47 bits per heavy atom. The SMILES string of the molecule is COC(=O)C(C)(C)CNc1ccc2[nH]c(=O)oc2c1. The smallest absolute Gasteiger partial charge is 0.417 e. The van der Waals surface area contributed by atoms with Crippen LogP contribution in [0.15, 0.2) is 27.4 Å². The van der Waals surface area contributed by atoms with E-state index in [0.29, 0.717) is 17.6 Å². The molecule has 2 rings (SSSR count). The average molecular weight is 264 g/mol. The second-order valence-corrected chi connectivity index (χ2v) is 4.95. The molecular formula is C13H16N2O4. The first-order chi connectivity index (χ1) is 8.92. The number of benzene rings is 1. The minimum atomic E-state index is -0.636. The number of nitrogens with one attached hydrogen (secondary N) is 2. The van der Waals surface area contributed by atoms with Crippen LogP contribution in [0.1, 0.15) is 13.8 Å². The van der Waals surface area contributed by atoms with Gasteiger partial charge in [0.2, 0.25) is 0 Å². The van der Waals surface area contributed by atoms with Gasteiger partial charge in [-0.25, -0.2) is 4.79 Å². The molecule has 0 saturated carbocycles. The molecule has 102 valence electrons. The molecule has 0 aliphatic heterocycles. The summed E-state index contributed by atoms with van der Waals surface area (Å²) in [5.74, 6) is -0.767. The van der Waals surface area contributed by atoms with Crippen LogP contribution in [0, 0.1) is 5.41 Å². The molecule has 0 atom stereocenters. The molecule has 19 heavy (non-hydrogen) atoms. The number of carbonyl (C=O) groups excluding carboxylic acids is 1. The topological polar surface area (TPSA) is 84.3 Å². The van der Waals surface area contributed by atoms with Crippen molar-refractivity contribution in [3.05, 3.63) is 28.7 Å². The fourth-order valence-corrected chi connectivity index (χ4v) is 1.73. The summed E-state index contributed by atoms with van der Waals surface area (Å²) < 4.78 is 9.70. The van der Waals surface area contributed by atoms with Gasteiger partial charge < -0.3 is 14.5 Å². The van der Waals surface area contributed by atoms with Gasteiger partial charge >= 0.3 is 11.7 Å². The van der Waals surface area contributed by atoms with E-state index < -0.39 is 11.2 Å². The standard InChI is InChI=1S/C13H16N2O4/c1-13(2,11(16)18-3)7-14-8-4-5-9-10(6-8)19-12(17)15-9/h4-6,14H,7H2,1-3H3,(H,15,17). The number of fused-ring (bicyclic) bond motifs is 1. The Hall–Kier alpha value is -2.24. The number of aromatic nitrogens is 1. The first-order valence-electron chi connectivity index (χ1n) is 5.87. The van der Waals surface area contributed by atoms with Gasteiger partial charge in [-0.1, -0.05) is 0 Å². The lowest BCUT2D eigenvalue weighted by molar-refractivity contribution is -0.149. The molecule has 1 heterocycles. The minimum absolute atomic E-state index is 0.283. The van der Waals surface area contributed by atoms with Gasteiger partial charge in [0.25, 0.3) is 0 Å². The number of carbonyl (C=O) groups is 1. The van der Waals surface area contributed by atoms with Gasteiger partial charge in [-0.2, -0.15) is 0 Å². The summed E-state index contributed by atoms with van der Waals surface area (Å²) in [6, 6.07) is 5.26. The first kappa shape index (κ1) is 13.2. The third-order valence-electron chi connectivity index (χ3n) is 2.89. The summed E-state index contributed by atoms with van der Waals surface area (Å²) in [5.41, 5.74) is 1.25. The van der Waals surface area contributed by atoms with Crippen molar-refractivity contribution in [1.29, 1.82) is 0 Å². The van der Waals surface area contributed by atoms with Crippen molar-refractivity contribution in [3.63, 3.8) is 0 Å². The summed E-state index contributed by atoms with van der Waals surface area (Å²) in [6.07, 6.45) is 0. The molecular weight excluding hydrogens is 248 g/mol. The van der Waals surface area contributed by atoms with Gasteiger partial charge in [-0.3, -0.25) is 9.78 Å². The van der Waals surface area contributed by atoms with E-state index in [1.54, 1.807) is 32.0 Å². The van der Waals surface area contributed by atoms with Crippen LogP contribution in [-0.2, 0) is 9.53 Å². The molecule has 2 aromatic rings. The monoisotopic (exact) mass is 264 g/mol. The van der Waals surface area contributed by atoms with Gasteiger partial charge in [-0.15, -0.1) is 0 Å². The molecule has 0 radical (unpaired) electrons. The summed E-state index contributed by atoms with van der Waals surface area (Å²) in [7, 11) is 1.37. The van der Waals surface area contributed by atoms with Gasteiger partial charge in [0.05, 0.1) is 18.0 Å². The Bertz CT molecular complexity index is 654. The molecule has 0 bridgehead atoms. The maximum atomic E-state index is 11.5. The van der Waals surface area contributed by atoms with Crippen LogP contribution in [0.2, 0.25) is 0 Å². The molecule has 0 aliphatic rings. The Morgan fingerprint density at radius 3 is 2.89 bits per heavy atom. The van der Waals surface area contributed by atoms with Crippen molar-refractivity contribution in [2.75, 3.05) is 19.0 Å². The fourth-order valence-electron chi connectivity index (χ4n) is 1.73. The molecule has 0 unspecified atom stereocenters. The molecule has 0 spiro atoms. The minimum Gasteiger partial charge on any atom is -0.469 e. The van der Waals surface area contributed by atoms with Crippen LogP contribution in [0.25, 0.3) is 11.1 Å². The normalized spacial score (nSPS) is 11.5. The molecule has 2 N–H and O–H groups in total. The quantitative estimate of drug-likeness (QED) is 0.821. The van der Waals surface area contributed by atoms with Crippen LogP contribution in [-0.4, -0.2) is 24.6 Å². The van der Waals surface area contributed by atoms with Gasteiger partial charge in [0, 0.05) is 18.3 Å². The number of hydrogen-bond donors (Lipinski definition) is 2. The predicted molar refractivity (Wildman–Crippen MR) is 71.1 cm³/mol. The van der Waals surface area contributed by atoms with Crippen molar-refractivity contribution in [3.8, 4) is 0 Å². The van der Waals surface area contributed by atoms with Crippen molar-refractivity contribution in [1.82, 2.24) is 4.98 Å². The van der Waals surface area contributed by atoms with Crippen molar-refractivity contribution < 1.29 is 13.9 Å². The number of methoxy groups -OCH3 is 1. The van der Waals surface area contributed by atoms with Crippen LogP contribution in [0.4, 0.5) is 5.69 Å². The van der Waals surface area contributed by atoms with Crippen molar-refractivity contribution >= 4 is 22.8 Å². The first-order valence-corrected chi connectivity index (χ1v) is 5.87. The van der Waals surface area contributed by atoms with Gasteiger partial charge in [0.1, 0.15) is 0 Å². The number of aromatic amines is 1. The van der Waals surface area contributed by atoms with Crippen LogP contribution < -0.4 is 11.1 Å². The van der Waals surface area contributed by atoms with E-state index in [1.165, 1.54) is 7.11 Å². The van der Waals surface area contributed by atoms with Crippen LogP contribution >= 0.6 is 0 Å². The second-order valence-electron chi connectivity index (χ2n) is 4.95. The number of hydrogen-bond acceptors (Lipinski definition) is 5. The number of ether oxygens (including phenoxy) is 1. The second kappa shape index (κ2) is 4.79. The Kier molecular flexibility index (Phi) is 3.33. The van der Waals surface area contributed by atoms with Crippen LogP contribution in [0.3, 0.4) is 0 Å². The van der Waals surface area contributed by atoms with Crippen molar-refractivity contribution in [2.24, 2.45) is 5.41 Å². The van der Waals surface area contributed by atoms with Crippen LogP contribution in [0.5, 0.6) is 0 Å². The lowest BCUT2D eigenvalue weighted by atomic mass is 9.93. The summed E-state index contributed by atoms with van der Waals surface area (Å²) >= 11 is 0. The van der Waals surface area contributed by atoms with E-state index >= 15 is 0 Å². The lowest BCUT2D eigenvalue weighted by Crippen LogP contribution is -2.33. The molecule has 0 saturated heterocycles. The highest BCUT2D eigenvalue weighted by molar-refractivity contribution is 5.78. The third kappa shape index (κ3) is 2.78. The highest BCUT2D eigenvalue weighted by Crippen LogP contribution is 2.21. The number of rotatable bonds is 4.